The lowest BCUT2D eigenvalue weighted by Gasteiger charge is -2.26. The van der Waals surface area contributed by atoms with E-state index in [0.717, 1.165) is 33.6 Å². The van der Waals surface area contributed by atoms with Crippen LogP contribution >= 0.6 is 0 Å². The first-order valence-corrected chi connectivity index (χ1v) is 7.71. The number of nitriles is 2. The SMILES string of the molecule is CNCc1n[nH]c2ccc(C3C(C#N)=C(C)NC(C)=C3C#N)cc12. The van der Waals surface area contributed by atoms with Gasteiger partial charge in [-0.2, -0.15) is 15.6 Å². The van der Waals surface area contributed by atoms with Crippen LogP contribution < -0.4 is 10.6 Å². The highest BCUT2D eigenvalue weighted by Crippen LogP contribution is 2.38. The number of H-pyrrole nitrogens is 1. The smallest absolute Gasteiger partial charge is 0.0975 e. The monoisotopic (exact) mass is 318 g/mol. The Morgan fingerprint density at radius 3 is 2.42 bits per heavy atom. The average molecular weight is 318 g/mol. The van der Waals surface area contributed by atoms with Crippen LogP contribution in [0.25, 0.3) is 10.9 Å². The Morgan fingerprint density at radius 1 is 1.17 bits per heavy atom. The number of aromatic amines is 1. The van der Waals surface area contributed by atoms with Crippen LogP contribution in [-0.4, -0.2) is 17.2 Å². The third-order valence-corrected chi connectivity index (χ3v) is 4.34. The van der Waals surface area contributed by atoms with Crippen LogP contribution in [0.1, 0.15) is 31.0 Å². The molecule has 0 fully saturated rings. The minimum absolute atomic E-state index is 0.344. The molecule has 6 heteroatoms. The summed E-state index contributed by atoms with van der Waals surface area (Å²) >= 11 is 0. The Labute approximate surface area is 140 Å². The maximum absolute atomic E-state index is 9.60. The predicted octanol–water partition coefficient (Wildman–Crippen LogP) is 2.56. The summed E-state index contributed by atoms with van der Waals surface area (Å²) in [5.74, 6) is -0.344. The fraction of sp³-hybridized carbons (Fsp3) is 0.278. The zero-order chi connectivity index (χ0) is 17.3. The van der Waals surface area contributed by atoms with E-state index in [4.69, 9.17) is 0 Å². The van der Waals surface area contributed by atoms with E-state index in [0.29, 0.717) is 17.7 Å². The van der Waals surface area contributed by atoms with Gasteiger partial charge in [0.25, 0.3) is 0 Å². The number of dihydropyridines is 1. The minimum Gasteiger partial charge on any atom is -0.361 e. The Kier molecular flexibility index (Phi) is 4.07. The van der Waals surface area contributed by atoms with Gasteiger partial charge < -0.3 is 10.6 Å². The largest absolute Gasteiger partial charge is 0.361 e. The van der Waals surface area contributed by atoms with E-state index in [-0.39, 0.29) is 5.92 Å². The number of aromatic nitrogens is 2. The molecule has 0 aliphatic carbocycles. The van der Waals surface area contributed by atoms with Gasteiger partial charge in [-0.3, -0.25) is 5.10 Å². The van der Waals surface area contributed by atoms with Crippen molar-refractivity contribution in [2.75, 3.05) is 7.05 Å². The Bertz CT molecular complexity index is 912. The number of allylic oxidation sites excluding steroid dienone is 4. The summed E-state index contributed by atoms with van der Waals surface area (Å²) in [6.07, 6.45) is 0. The Morgan fingerprint density at radius 2 is 1.83 bits per heavy atom. The third kappa shape index (κ3) is 2.44. The van der Waals surface area contributed by atoms with Crippen molar-refractivity contribution in [1.82, 2.24) is 20.8 Å². The van der Waals surface area contributed by atoms with E-state index >= 15 is 0 Å². The van der Waals surface area contributed by atoms with Gasteiger partial charge in [0.05, 0.1) is 40.4 Å². The zero-order valence-corrected chi connectivity index (χ0v) is 13.9. The topological polar surface area (TPSA) is 100 Å². The molecule has 2 aromatic rings. The van der Waals surface area contributed by atoms with Crippen molar-refractivity contribution in [2.24, 2.45) is 0 Å². The van der Waals surface area contributed by atoms with Crippen LogP contribution in [0.3, 0.4) is 0 Å². The average Bonchev–Trinajstić information content (AvgIpc) is 2.97. The van der Waals surface area contributed by atoms with Gasteiger partial charge in [-0.1, -0.05) is 6.07 Å². The first-order valence-electron chi connectivity index (χ1n) is 7.71. The fourth-order valence-corrected chi connectivity index (χ4v) is 3.19. The molecule has 0 radical (unpaired) electrons. The normalized spacial score (nSPS) is 15.4. The van der Waals surface area contributed by atoms with Crippen LogP contribution in [0.5, 0.6) is 0 Å². The molecule has 24 heavy (non-hydrogen) atoms. The van der Waals surface area contributed by atoms with E-state index in [1.165, 1.54) is 0 Å². The molecule has 120 valence electrons. The van der Waals surface area contributed by atoms with Crippen molar-refractivity contribution >= 4 is 10.9 Å². The highest BCUT2D eigenvalue weighted by Gasteiger charge is 2.29. The third-order valence-electron chi connectivity index (χ3n) is 4.34. The van der Waals surface area contributed by atoms with Crippen LogP contribution in [0.2, 0.25) is 0 Å². The summed E-state index contributed by atoms with van der Waals surface area (Å²) in [5.41, 5.74) is 5.53. The van der Waals surface area contributed by atoms with E-state index in [2.05, 4.69) is 33.0 Å². The molecule has 1 aliphatic heterocycles. The molecular weight excluding hydrogens is 300 g/mol. The quantitative estimate of drug-likeness (QED) is 0.807. The van der Waals surface area contributed by atoms with Crippen molar-refractivity contribution < 1.29 is 0 Å². The molecule has 3 rings (SSSR count). The van der Waals surface area contributed by atoms with Gasteiger partial charge in [0.1, 0.15) is 0 Å². The number of benzene rings is 1. The van der Waals surface area contributed by atoms with Gasteiger partial charge >= 0.3 is 0 Å². The minimum atomic E-state index is -0.344. The molecule has 6 nitrogen and oxygen atoms in total. The molecular formula is C18H18N6. The number of fused-ring (bicyclic) bond motifs is 1. The van der Waals surface area contributed by atoms with Gasteiger partial charge in [-0.05, 0) is 38.6 Å². The number of rotatable bonds is 3. The summed E-state index contributed by atoms with van der Waals surface area (Å²) < 4.78 is 0. The van der Waals surface area contributed by atoms with Crippen molar-refractivity contribution in [3.63, 3.8) is 0 Å². The highest BCUT2D eigenvalue weighted by atomic mass is 15.1. The maximum atomic E-state index is 9.60. The van der Waals surface area contributed by atoms with Crippen LogP contribution in [-0.2, 0) is 6.54 Å². The summed E-state index contributed by atoms with van der Waals surface area (Å²) in [6, 6.07) is 10.5. The van der Waals surface area contributed by atoms with E-state index < -0.39 is 0 Å². The molecule has 0 saturated carbocycles. The molecule has 1 aromatic carbocycles. The molecule has 0 spiro atoms. The van der Waals surface area contributed by atoms with Crippen molar-refractivity contribution in [1.29, 1.82) is 10.5 Å². The summed E-state index contributed by atoms with van der Waals surface area (Å²) in [6.45, 7) is 4.38. The number of hydrogen-bond acceptors (Lipinski definition) is 5. The zero-order valence-electron chi connectivity index (χ0n) is 13.9. The standard InChI is InChI=1S/C18H18N6/c1-10-14(7-19)18(15(8-20)11(2)22-10)12-4-5-16-13(6-12)17(9-21-3)24-23-16/h4-6,18,21-22H,9H2,1-3H3,(H,23,24). The van der Waals surface area contributed by atoms with E-state index in [9.17, 15) is 10.5 Å². The molecule has 1 aliphatic rings. The van der Waals surface area contributed by atoms with Crippen molar-refractivity contribution in [3.8, 4) is 12.1 Å². The lowest BCUT2D eigenvalue weighted by molar-refractivity contribution is 0.788. The van der Waals surface area contributed by atoms with E-state index in [1.807, 2.05) is 39.1 Å². The lowest BCUT2D eigenvalue weighted by atomic mass is 9.81. The van der Waals surface area contributed by atoms with Gasteiger partial charge in [-0.15, -0.1) is 0 Å². The molecule has 3 N–H and O–H groups in total. The molecule has 0 unspecified atom stereocenters. The predicted molar refractivity (Wildman–Crippen MR) is 91.4 cm³/mol. The van der Waals surface area contributed by atoms with Crippen LogP contribution in [0, 0.1) is 22.7 Å². The highest BCUT2D eigenvalue weighted by molar-refractivity contribution is 5.82. The first kappa shape index (κ1) is 15.8. The number of nitrogens with one attached hydrogen (secondary N) is 3. The van der Waals surface area contributed by atoms with Crippen LogP contribution in [0.15, 0.2) is 40.7 Å². The Hall–Kier alpha value is -3.09. The second-order valence-corrected chi connectivity index (χ2v) is 5.86. The second-order valence-electron chi connectivity index (χ2n) is 5.86. The van der Waals surface area contributed by atoms with Crippen molar-refractivity contribution in [3.05, 3.63) is 52.0 Å². The van der Waals surface area contributed by atoms with Gasteiger partial charge in [0.2, 0.25) is 0 Å². The molecule has 0 atom stereocenters. The van der Waals surface area contributed by atoms with Gasteiger partial charge in [0, 0.05) is 23.3 Å². The lowest BCUT2D eigenvalue weighted by Crippen LogP contribution is -2.23. The number of nitrogens with zero attached hydrogens (tertiary/aromatic N) is 3. The summed E-state index contributed by atoms with van der Waals surface area (Å²) in [5, 5.41) is 33.8. The fourth-order valence-electron chi connectivity index (χ4n) is 3.19. The Balaban J connectivity index is 2.20. The maximum Gasteiger partial charge on any atom is 0.0975 e. The van der Waals surface area contributed by atoms with Crippen molar-refractivity contribution in [2.45, 2.75) is 26.3 Å². The summed E-state index contributed by atoms with van der Waals surface area (Å²) in [4.78, 5) is 0. The van der Waals surface area contributed by atoms with E-state index in [1.54, 1.807) is 0 Å². The first-order chi connectivity index (χ1) is 11.6. The molecule has 0 amide bonds. The molecule has 1 aromatic heterocycles. The molecule has 2 heterocycles. The van der Waals surface area contributed by atoms with Gasteiger partial charge in [-0.25, -0.2) is 0 Å². The van der Waals surface area contributed by atoms with Crippen LogP contribution in [0.4, 0.5) is 0 Å². The second kappa shape index (κ2) is 6.19. The molecule has 0 saturated heterocycles. The molecule has 0 bridgehead atoms. The summed E-state index contributed by atoms with van der Waals surface area (Å²) in [7, 11) is 1.87. The number of hydrogen-bond donors (Lipinski definition) is 3. The van der Waals surface area contributed by atoms with Gasteiger partial charge in [0.15, 0.2) is 0 Å².